The van der Waals surface area contributed by atoms with Gasteiger partial charge in [-0.1, -0.05) is 50.3 Å². The van der Waals surface area contributed by atoms with Crippen molar-refractivity contribution < 1.29 is 9.84 Å². The second-order valence-electron chi connectivity index (χ2n) is 6.34. The first-order valence-corrected chi connectivity index (χ1v) is 8.29. The van der Waals surface area contributed by atoms with Crippen LogP contribution in [0, 0.1) is 5.92 Å². The van der Waals surface area contributed by atoms with E-state index in [1.165, 1.54) is 37.7 Å². The van der Waals surface area contributed by atoms with Gasteiger partial charge in [-0.05, 0) is 37.2 Å². The maximum Gasteiger partial charge on any atom is 0.128 e. The van der Waals surface area contributed by atoms with Crippen LogP contribution in [0.4, 0.5) is 0 Å². The highest BCUT2D eigenvalue weighted by Crippen LogP contribution is 2.39. The third-order valence-electron chi connectivity index (χ3n) is 4.88. The number of hydrogen-bond acceptors (Lipinski definition) is 2. The Morgan fingerprint density at radius 2 is 1.75 bits per heavy atom. The smallest absolute Gasteiger partial charge is 0.128 e. The van der Waals surface area contributed by atoms with Crippen LogP contribution in [0.1, 0.15) is 68.6 Å². The van der Waals surface area contributed by atoms with Crippen molar-refractivity contribution >= 4 is 0 Å². The molecule has 1 aliphatic heterocycles. The van der Waals surface area contributed by atoms with Crippen molar-refractivity contribution in [1.29, 1.82) is 0 Å². The Labute approximate surface area is 122 Å². The second-order valence-corrected chi connectivity index (χ2v) is 6.34. The van der Waals surface area contributed by atoms with Crippen LogP contribution in [-0.2, 0) is 6.42 Å². The van der Waals surface area contributed by atoms with E-state index >= 15 is 0 Å². The highest BCUT2D eigenvalue weighted by atomic mass is 16.5. The SMILES string of the molecule is OC(c1cccc2c1OCCC2)C1CCCCCCC1. The van der Waals surface area contributed by atoms with E-state index in [0.717, 1.165) is 43.6 Å². The van der Waals surface area contributed by atoms with Gasteiger partial charge >= 0.3 is 0 Å². The summed E-state index contributed by atoms with van der Waals surface area (Å²) in [7, 11) is 0. The standard InChI is InChI=1S/C18H26O2/c19-17(14-8-4-2-1-3-5-9-14)16-12-6-10-15-11-7-13-20-18(15)16/h6,10,12,14,17,19H,1-5,7-9,11,13H2. The summed E-state index contributed by atoms with van der Waals surface area (Å²) in [5, 5.41) is 10.8. The molecule has 20 heavy (non-hydrogen) atoms. The lowest BCUT2D eigenvalue weighted by Crippen LogP contribution is -2.18. The number of ether oxygens (including phenoxy) is 1. The molecule has 1 atom stereocenters. The van der Waals surface area contributed by atoms with Crippen LogP contribution < -0.4 is 4.74 Å². The van der Waals surface area contributed by atoms with Gasteiger partial charge in [0.1, 0.15) is 5.75 Å². The first-order valence-electron chi connectivity index (χ1n) is 8.29. The van der Waals surface area contributed by atoms with E-state index in [9.17, 15) is 5.11 Å². The summed E-state index contributed by atoms with van der Waals surface area (Å²) in [5.74, 6) is 1.39. The lowest BCUT2D eigenvalue weighted by atomic mass is 9.83. The number of aryl methyl sites for hydroxylation is 1. The maximum atomic E-state index is 10.8. The Morgan fingerprint density at radius 3 is 2.55 bits per heavy atom. The van der Waals surface area contributed by atoms with E-state index in [4.69, 9.17) is 4.74 Å². The van der Waals surface area contributed by atoms with Crippen LogP contribution in [-0.4, -0.2) is 11.7 Å². The van der Waals surface area contributed by atoms with Gasteiger partial charge in [0.25, 0.3) is 0 Å². The van der Waals surface area contributed by atoms with Gasteiger partial charge in [-0.15, -0.1) is 0 Å². The third-order valence-corrected chi connectivity index (χ3v) is 4.88. The number of aliphatic hydroxyl groups excluding tert-OH is 1. The van der Waals surface area contributed by atoms with Crippen LogP contribution in [0.3, 0.4) is 0 Å². The molecule has 0 saturated heterocycles. The average Bonchev–Trinajstić information content (AvgIpc) is 2.46. The Balaban J connectivity index is 1.80. The molecule has 2 aliphatic rings. The van der Waals surface area contributed by atoms with E-state index in [1.807, 2.05) is 0 Å². The van der Waals surface area contributed by atoms with Crippen molar-refractivity contribution in [3.63, 3.8) is 0 Å². The summed E-state index contributed by atoms with van der Waals surface area (Å²) in [6.07, 6.45) is 10.7. The van der Waals surface area contributed by atoms with Gasteiger partial charge in [-0.3, -0.25) is 0 Å². The van der Waals surface area contributed by atoms with Crippen LogP contribution in [0.15, 0.2) is 18.2 Å². The lowest BCUT2D eigenvalue weighted by molar-refractivity contribution is 0.0872. The zero-order valence-corrected chi connectivity index (χ0v) is 12.3. The van der Waals surface area contributed by atoms with E-state index < -0.39 is 0 Å². The molecule has 0 aromatic heterocycles. The van der Waals surface area contributed by atoms with Gasteiger partial charge in [-0.25, -0.2) is 0 Å². The van der Waals surface area contributed by atoms with Crippen molar-refractivity contribution in [2.24, 2.45) is 5.92 Å². The summed E-state index contributed by atoms with van der Waals surface area (Å²) in [6.45, 7) is 0.793. The summed E-state index contributed by atoms with van der Waals surface area (Å²) in [5.41, 5.74) is 2.31. The quantitative estimate of drug-likeness (QED) is 0.866. The van der Waals surface area contributed by atoms with Crippen molar-refractivity contribution in [2.45, 2.75) is 63.9 Å². The fourth-order valence-corrected chi connectivity index (χ4v) is 3.70. The normalized spacial score (nSPS) is 22.2. The van der Waals surface area contributed by atoms with Gasteiger partial charge in [0.05, 0.1) is 12.7 Å². The Kier molecular flexibility index (Phi) is 4.62. The molecule has 1 aromatic rings. The minimum Gasteiger partial charge on any atom is -0.493 e. The highest BCUT2D eigenvalue weighted by molar-refractivity contribution is 5.44. The first kappa shape index (κ1) is 13.9. The molecule has 1 aliphatic carbocycles. The van der Waals surface area contributed by atoms with Gasteiger partial charge in [0.15, 0.2) is 0 Å². The molecule has 2 heteroatoms. The monoisotopic (exact) mass is 274 g/mol. The Morgan fingerprint density at radius 1 is 1.00 bits per heavy atom. The summed E-state index contributed by atoms with van der Waals surface area (Å²) in [4.78, 5) is 0. The molecule has 1 saturated carbocycles. The molecule has 0 spiro atoms. The number of benzene rings is 1. The number of rotatable bonds is 2. The number of para-hydroxylation sites is 1. The molecule has 1 unspecified atom stereocenters. The zero-order chi connectivity index (χ0) is 13.8. The van der Waals surface area contributed by atoms with Gasteiger partial charge in [0, 0.05) is 5.56 Å². The topological polar surface area (TPSA) is 29.5 Å². The molecular weight excluding hydrogens is 248 g/mol. The molecule has 2 nitrogen and oxygen atoms in total. The van der Waals surface area contributed by atoms with Gasteiger partial charge in [0.2, 0.25) is 0 Å². The maximum absolute atomic E-state index is 10.8. The molecule has 0 radical (unpaired) electrons. The van der Waals surface area contributed by atoms with Crippen LogP contribution >= 0.6 is 0 Å². The molecule has 1 heterocycles. The summed E-state index contributed by atoms with van der Waals surface area (Å²) >= 11 is 0. The van der Waals surface area contributed by atoms with Crippen LogP contribution in [0.5, 0.6) is 5.75 Å². The first-order chi connectivity index (χ1) is 9.86. The number of hydrogen-bond donors (Lipinski definition) is 1. The largest absolute Gasteiger partial charge is 0.493 e. The van der Waals surface area contributed by atoms with Gasteiger partial charge in [-0.2, -0.15) is 0 Å². The predicted octanol–water partition coefficient (Wildman–Crippen LogP) is 4.41. The van der Waals surface area contributed by atoms with E-state index in [0.29, 0.717) is 5.92 Å². The summed E-state index contributed by atoms with van der Waals surface area (Å²) < 4.78 is 5.86. The fraction of sp³-hybridized carbons (Fsp3) is 0.667. The van der Waals surface area contributed by atoms with Crippen LogP contribution in [0.25, 0.3) is 0 Å². The fourth-order valence-electron chi connectivity index (χ4n) is 3.70. The molecule has 1 aromatic carbocycles. The highest BCUT2D eigenvalue weighted by Gasteiger charge is 2.26. The van der Waals surface area contributed by atoms with Crippen molar-refractivity contribution in [1.82, 2.24) is 0 Å². The van der Waals surface area contributed by atoms with E-state index in [-0.39, 0.29) is 6.10 Å². The van der Waals surface area contributed by atoms with Crippen molar-refractivity contribution in [3.05, 3.63) is 29.3 Å². The third kappa shape index (κ3) is 3.01. The molecule has 1 N–H and O–H groups in total. The molecule has 1 fully saturated rings. The lowest BCUT2D eigenvalue weighted by Gasteiger charge is -2.28. The second kappa shape index (κ2) is 6.62. The average molecular weight is 274 g/mol. The van der Waals surface area contributed by atoms with Gasteiger partial charge < -0.3 is 9.84 Å². The van der Waals surface area contributed by atoms with Crippen molar-refractivity contribution in [2.75, 3.05) is 6.61 Å². The predicted molar refractivity (Wildman–Crippen MR) is 81.0 cm³/mol. The van der Waals surface area contributed by atoms with Crippen LogP contribution in [0.2, 0.25) is 0 Å². The number of fused-ring (bicyclic) bond motifs is 1. The molecule has 3 rings (SSSR count). The minimum absolute atomic E-state index is 0.346. The molecular formula is C18H26O2. The zero-order valence-electron chi connectivity index (χ0n) is 12.3. The molecule has 110 valence electrons. The Bertz CT molecular complexity index is 433. The molecule has 0 amide bonds. The summed E-state index contributed by atoms with van der Waals surface area (Å²) in [6, 6.07) is 6.28. The van der Waals surface area contributed by atoms with E-state index in [1.54, 1.807) is 0 Å². The Hall–Kier alpha value is -1.02. The van der Waals surface area contributed by atoms with E-state index in [2.05, 4.69) is 18.2 Å². The van der Waals surface area contributed by atoms with Crippen molar-refractivity contribution in [3.8, 4) is 5.75 Å². The molecule has 0 bridgehead atoms. The minimum atomic E-state index is -0.346. The number of aliphatic hydroxyl groups is 1.